The zero-order valence-corrected chi connectivity index (χ0v) is 17.9. The van der Waals surface area contributed by atoms with Crippen molar-refractivity contribution >= 4 is 11.9 Å². The molecule has 6 nitrogen and oxygen atoms in total. The number of nitrogens with zero attached hydrogens (tertiary/aromatic N) is 2. The molecule has 29 heavy (non-hydrogen) atoms. The van der Waals surface area contributed by atoms with Gasteiger partial charge in [0.2, 0.25) is 5.91 Å². The topological polar surface area (TPSA) is 78.7 Å². The first-order valence-corrected chi connectivity index (χ1v) is 11.1. The van der Waals surface area contributed by atoms with E-state index >= 15 is 0 Å². The van der Waals surface area contributed by atoms with Crippen molar-refractivity contribution in [1.82, 2.24) is 15.1 Å². The number of likely N-dealkylation sites (tertiary alicyclic amines) is 2. The van der Waals surface area contributed by atoms with Crippen molar-refractivity contribution in [3.05, 3.63) is 35.4 Å². The van der Waals surface area contributed by atoms with E-state index in [1.54, 1.807) is 12.1 Å². The number of hydrogen-bond acceptors (Lipinski definition) is 3. The van der Waals surface area contributed by atoms with E-state index in [0.29, 0.717) is 17.5 Å². The van der Waals surface area contributed by atoms with Gasteiger partial charge in [-0.15, -0.1) is 0 Å². The minimum Gasteiger partial charge on any atom is -0.366 e. The van der Waals surface area contributed by atoms with Gasteiger partial charge in [-0.1, -0.05) is 25.0 Å². The molecular formula is C23H36N4O2. The molecule has 6 heteroatoms. The molecule has 0 radical (unpaired) electrons. The standard InChI is InChI=1S/C23H36N4O2/c1-17(2)25-23(29)27-13-5-3-4-6-21(27)19-11-14-26(15-12-19)16-18-7-9-20(10-8-18)22(24)28/h7-10,17,19,21H,3-6,11-16H2,1-2H3,(H2,24,28)(H,25,29). The van der Waals surface area contributed by atoms with E-state index in [-0.39, 0.29) is 18.0 Å². The van der Waals surface area contributed by atoms with Gasteiger partial charge in [-0.2, -0.15) is 0 Å². The zero-order chi connectivity index (χ0) is 20.8. The third-order valence-corrected chi connectivity index (χ3v) is 6.29. The van der Waals surface area contributed by atoms with Crippen molar-refractivity contribution in [3.8, 4) is 0 Å². The second-order valence-electron chi connectivity index (χ2n) is 8.89. The summed E-state index contributed by atoms with van der Waals surface area (Å²) in [6.45, 7) is 7.94. The number of carbonyl (C=O) groups is 2. The van der Waals surface area contributed by atoms with Crippen molar-refractivity contribution in [3.63, 3.8) is 0 Å². The molecule has 3 N–H and O–H groups in total. The summed E-state index contributed by atoms with van der Waals surface area (Å²) < 4.78 is 0. The Labute approximate surface area is 174 Å². The SMILES string of the molecule is CC(C)NC(=O)N1CCCCCC1C1CCN(Cc2ccc(C(N)=O)cc2)CC1. The van der Waals surface area contributed by atoms with Gasteiger partial charge < -0.3 is 16.0 Å². The lowest BCUT2D eigenvalue weighted by Crippen LogP contribution is -2.52. The molecule has 1 unspecified atom stereocenters. The fourth-order valence-electron chi connectivity index (χ4n) is 4.73. The molecule has 3 rings (SSSR count). The van der Waals surface area contributed by atoms with E-state index in [4.69, 9.17) is 5.73 Å². The highest BCUT2D eigenvalue weighted by atomic mass is 16.2. The molecule has 0 spiro atoms. The number of piperidine rings is 1. The largest absolute Gasteiger partial charge is 0.366 e. The average Bonchev–Trinajstić information content (AvgIpc) is 2.95. The van der Waals surface area contributed by atoms with Gasteiger partial charge in [-0.25, -0.2) is 4.79 Å². The van der Waals surface area contributed by atoms with Gasteiger partial charge >= 0.3 is 6.03 Å². The number of rotatable bonds is 5. The molecule has 0 bridgehead atoms. The minimum atomic E-state index is -0.383. The molecule has 0 aromatic heterocycles. The summed E-state index contributed by atoms with van der Waals surface area (Å²) in [5, 5.41) is 3.11. The van der Waals surface area contributed by atoms with Gasteiger partial charge in [0.15, 0.2) is 0 Å². The van der Waals surface area contributed by atoms with Crippen LogP contribution in [-0.2, 0) is 6.54 Å². The van der Waals surface area contributed by atoms with Crippen LogP contribution >= 0.6 is 0 Å². The predicted molar refractivity (Wildman–Crippen MR) is 116 cm³/mol. The van der Waals surface area contributed by atoms with Gasteiger partial charge in [0.25, 0.3) is 0 Å². The van der Waals surface area contributed by atoms with E-state index in [1.165, 1.54) is 18.4 Å². The van der Waals surface area contributed by atoms with Gasteiger partial charge in [-0.05, 0) is 76.2 Å². The van der Waals surface area contributed by atoms with Crippen LogP contribution in [0.3, 0.4) is 0 Å². The average molecular weight is 401 g/mol. The Bertz CT molecular complexity index is 681. The van der Waals surface area contributed by atoms with Crippen LogP contribution in [0.15, 0.2) is 24.3 Å². The number of primary amides is 1. The van der Waals surface area contributed by atoms with E-state index in [1.807, 2.05) is 26.0 Å². The van der Waals surface area contributed by atoms with E-state index < -0.39 is 0 Å². The van der Waals surface area contributed by atoms with Gasteiger partial charge in [0, 0.05) is 30.7 Å². The van der Waals surface area contributed by atoms with Crippen LogP contribution in [0.1, 0.15) is 68.3 Å². The van der Waals surface area contributed by atoms with Crippen molar-refractivity contribution < 1.29 is 9.59 Å². The summed E-state index contributed by atoms with van der Waals surface area (Å²) in [5.41, 5.74) is 7.09. The summed E-state index contributed by atoms with van der Waals surface area (Å²) in [7, 11) is 0. The van der Waals surface area contributed by atoms with Crippen molar-refractivity contribution in [2.75, 3.05) is 19.6 Å². The van der Waals surface area contributed by atoms with E-state index in [2.05, 4.69) is 15.1 Å². The number of amides is 3. The Kier molecular flexibility index (Phi) is 7.53. The first-order valence-electron chi connectivity index (χ1n) is 11.1. The lowest BCUT2D eigenvalue weighted by Gasteiger charge is -2.41. The number of hydrogen-bond donors (Lipinski definition) is 2. The molecule has 1 aromatic rings. The van der Waals surface area contributed by atoms with Gasteiger partial charge in [0.1, 0.15) is 0 Å². The summed E-state index contributed by atoms with van der Waals surface area (Å²) in [4.78, 5) is 28.6. The maximum absolute atomic E-state index is 12.8. The summed E-state index contributed by atoms with van der Waals surface area (Å²) in [5.74, 6) is 0.200. The normalized spacial score (nSPS) is 21.8. The molecule has 160 valence electrons. The highest BCUT2D eigenvalue weighted by molar-refractivity contribution is 5.92. The maximum atomic E-state index is 12.8. The molecule has 2 aliphatic rings. The molecule has 2 heterocycles. The number of nitrogens with one attached hydrogen (secondary N) is 1. The molecule has 0 aliphatic carbocycles. The Morgan fingerprint density at radius 3 is 2.34 bits per heavy atom. The Morgan fingerprint density at radius 2 is 1.72 bits per heavy atom. The highest BCUT2D eigenvalue weighted by Crippen LogP contribution is 2.30. The quantitative estimate of drug-likeness (QED) is 0.795. The molecule has 2 saturated heterocycles. The monoisotopic (exact) mass is 400 g/mol. The fourth-order valence-corrected chi connectivity index (χ4v) is 4.73. The van der Waals surface area contributed by atoms with Crippen LogP contribution < -0.4 is 11.1 Å². The van der Waals surface area contributed by atoms with E-state index in [0.717, 1.165) is 51.9 Å². The van der Waals surface area contributed by atoms with Crippen molar-refractivity contribution in [2.45, 2.75) is 71.0 Å². The van der Waals surface area contributed by atoms with Gasteiger partial charge in [-0.3, -0.25) is 9.69 Å². The Hall–Kier alpha value is -2.08. The second-order valence-corrected chi connectivity index (χ2v) is 8.89. The minimum absolute atomic E-state index is 0.115. The van der Waals surface area contributed by atoms with Gasteiger partial charge in [0.05, 0.1) is 0 Å². The van der Waals surface area contributed by atoms with Crippen molar-refractivity contribution in [2.24, 2.45) is 11.7 Å². The Morgan fingerprint density at radius 1 is 1.03 bits per heavy atom. The van der Waals surface area contributed by atoms with Crippen LogP contribution in [-0.4, -0.2) is 53.5 Å². The second kappa shape index (κ2) is 10.1. The number of benzene rings is 1. The van der Waals surface area contributed by atoms with E-state index in [9.17, 15) is 9.59 Å². The van der Waals surface area contributed by atoms with Crippen molar-refractivity contribution in [1.29, 1.82) is 0 Å². The molecule has 2 fully saturated rings. The molecule has 0 saturated carbocycles. The van der Waals surface area contributed by atoms with Crippen LogP contribution in [0.2, 0.25) is 0 Å². The third kappa shape index (κ3) is 5.95. The number of nitrogens with two attached hydrogens (primary N) is 1. The maximum Gasteiger partial charge on any atom is 0.317 e. The molecule has 1 aromatic carbocycles. The predicted octanol–water partition coefficient (Wildman–Crippen LogP) is 3.36. The number of carbonyl (C=O) groups excluding carboxylic acids is 2. The van der Waals surface area contributed by atoms with Crippen LogP contribution in [0, 0.1) is 5.92 Å². The van der Waals surface area contributed by atoms with Crippen LogP contribution in [0.4, 0.5) is 4.79 Å². The summed E-state index contributed by atoms with van der Waals surface area (Å²) >= 11 is 0. The van der Waals surface area contributed by atoms with Crippen LogP contribution in [0.5, 0.6) is 0 Å². The molecule has 3 amide bonds. The molecule has 1 atom stereocenters. The fraction of sp³-hybridized carbons (Fsp3) is 0.652. The molecule has 2 aliphatic heterocycles. The lowest BCUT2D eigenvalue weighted by molar-refractivity contribution is 0.0974. The smallest absolute Gasteiger partial charge is 0.317 e. The summed E-state index contributed by atoms with van der Waals surface area (Å²) in [6.07, 6.45) is 6.96. The first kappa shape index (κ1) is 21.6. The third-order valence-electron chi connectivity index (χ3n) is 6.29. The van der Waals surface area contributed by atoms with Crippen LogP contribution in [0.25, 0.3) is 0 Å². The lowest BCUT2D eigenvalue weighted by atomic mass is 9.86. The zero-order valence-electron chi connectivity index (χ0n) is 17.9. The first-order chi connectivity index (χ1) is 13.9. The summed E-state index contributed by atoms with van der Waals surface area (Å²) in [6, 6.07) is 8.26. The molecular weight excluding hydrogens is 364 g/mol. The highest BCUT2D eigenvalue weighted by Gasteiger charge is 2.34. The Balaban J connectivity index is 1.56. The number of urea groups is 1.